The van der Waals surface area contributed by atoms with Gasteiger partial charge in [0.05, 0.1) is 5.84 Å². The van der Waals surface area contributed by atoms with Gasteiger partial charge in [0.25, 0.3) is 0 Å². The number of nitrogens with two attached hydrogens (primary N) is 1. The van der Waals surface area contributed by atoms with Gasteiger partial charge in [-0.2, -0.15) is 13.2 Å². The minimum atomic E-state index is -4.48. The van der Waals surface area contributed by atoms with Gasteiger partial charge in [0.15, 0.2) is 11.5 Å². The standard InChI is InChI=1S/C10H14F3N5/c1-2-18(6-5-8(14)15)9-4-3-7(16-17-9)10(11,12)13/h3-4H,2,5-6H2,1H3,(H3,14,15). The van der Waals surface area contributed by atoms with Crippen molar-refractivity contribution in [1.82, 2.24) is 10.2 Å². The topological polar surface area (TPSA) is 78.9 Å². The Labute approximate surface area is 102 Å². The van der Waals surface area contributed by atoms with Crippen LogP contribution in [-0.2, 0) is 6.18 Å². The van der Waals surface area contributed by atoms with Crippen LogP contribution in [0, 0.1) is 5.41 Å². The molecule has 1 aromatic heterocycles. The number of nitrogens with zero attached hydrogens (tertiary/aromatic N) is 3. The van der Waals surface area contributed by atoms with Crippen LogP contribution >= 0.6 is 0 Å². The third-order valence-corrected chi connectivity index (χ3v) is 2.30. The van der Waals surface area contributed by atoms with Gasteiger partial charge >= 0.3 is 6.18 Å². The van der Waals surface area contributed by atoms with Crippen LogP contribution in [0.4, 0.5) is 19.0 Å². The van der Waals surface area contributed by atoms with E-state index in [0.717, 1.165) is 6.07 Å². The van der Waals surface area contributed by atoms with E-state index >= 15 is 0 Å². The van der Waals surface area contributed by atoms with Gasteiger partial charge in [-0.15, -0.1) is 10.2 Å². The van der Waals surface area contributed by atoms with E-state index in [2.05, 4.69) is 10.2 Å². The molecular formula is C10H14F3N5. The van der Waals surface area contributed by atoms with Crippen LogP contribution in [0.15, 0.2) is 12.1 Å². The zero-order chi connectivity index (χ0) is 13.8. The second kappa shape index (κ2) is 5.65. The Bertz CT molecular complexity index is 401. The average Bonchev–Trinajstić information content (AvgIpc) is 2.29. The van der Waals surface area contributed by atoms with E-state index in [1.807, 2.05) is 6.92 Å². The molecule has 0 saturated heterocycles. The molecule has 0 aromatic carbocycles. The summed E-state index contributed by atoms with van der Waals surface area (Å²) in [5.41, 5.74) is 4.21. The molecule has 1 aromatic rings. The summed E-state index contributed by atoms with van der Waals surface area (Å²) in [6.45, 7) is 2.80. The minimum absolute atomic E-state index is 0.0216. The molecule has 1 heterocycles. The average molecular weight is 261 g/mol. The summed E-state index contributed by atoms with van der Waals surface area (Å²) in [4.78, 5) is 1.70. The Balaban J connectivity index is 2.79. The molecule has 0 radical (unpaired) electrons. The molecule has 0 saturated carbocycles. The van der Waals surface area contributed by atoms with Crippen molar-refractivity contribution >= 4 is 11.7 Å². The first-order valence-corrected chi connectivity index (χ1v) is 5.33. The van der Waals surface area contributed by atoms with Gasteiger partial charge in [0.2, 0.25) is 0 Å². The van der Waals surface area contributed by atoms with Crippen molar-refractivity contribution in [2.24, 2.45) is 5.73 Å². The predicted molar refractivity (Wildman–Crippen MR) is 61.5 cm³/mol. The Kier molecular flexibility index (Phi) is 4.46. The smallest absolute Gasteiger partial charge is 0.388 e. The van der Waals surface area contributed by atoms with Gasteiger partial charge in [-0.1, -0.05) is 0 Å². The molecule has 0 aliphatic heterocycles. The van der Waals surface area contributed by atoms with Gasteiger partial charge in [0.1, 0.15) is 0 Å². The molecule has 18 heavy (non-hydrogen) atoms. The van der Waals surface area contributed by atoms with Gasteiger partial charge in [-0.25, -0.2) is 0 Å². The Morgan fingerprint density at radius 1 is 1.39 bits per heavy atom. The lowest BCUT2D eigenvalue weighted by Gasteiger charge is -2.21. The van der Waals surface area contributed by atoms with Crippen molar-refractivity contribution in [2.75, 3.05) is 18.0 Å². The number of aromatic nitrogens is 2. The fourth-order valence-electron chi connectivity index (χ4n) is 1.34. The number of alkyl halides is 3. The molecule has 0 aliphatic carbocycles. The maximum Gasteiger partial charge on any atom is 0.435 e. The molecule has 8 heteroatoms. The Morgan fingerprint density at radius 3 is 2.44 bits per heavy atom. The summed E-state index contributed by atoms with van der Waals surface area (Å²) >= 11 is 0. The van der Waals surface area contributed by atoms with Gasteiger partial charge in [-0.3, -0.25) is 5.41 Å². The van der Waals surface area contributed by atoms with Crippen LogP contribution in [-0.4, -0.2) is 29.1 Å². The van der Waals surface area contributed by atoms with E-state index in [9.17, 15) is 13.2 Å². The first-order chi connectivity index (χ1) is 8.34. The third-order valence-electron chi connectivity index (χ3n) is 2.30. The van der Waals surface area contributed by atoms with Gasteiger partial charge in [0, 0.05) is 19.5 Å². The highest BCUT2D eigenvalue weighted by atomic mass is 19.4. The largest absolute Gasteiger partial charge is 0.435 e. The highest BCUT2D eigenvalue weighted by Crippen LogP contribution is 2.27. The quantitative estimate of drug-likeness (QED) is 0.624. The summed E-state index contributed by atoms with van der Waals surface area (Å²) in [6.07, 6.45) is -4.15. The maximum absolute atomic E-state index is 12.3. The number of amidine groups is 1. The molecular weight excluding hydrogens is 247 g/mol. The third kappa shape index (κ3) is 3.86. The normalized spacial score (nSPS) is 11.3. The van der Waals surface area contributed by atoms with Crippen molar-refractivity contribution in [3.8, 4) is 0 Å². The summed E-state index contributed by atoms with van der Waals surface area (Å²) in [5, 5.41) is 13.8. The SMILES string of the molecule is CCN(CCC(=N)N)c1ccc(C(F)(F)F)nn1. The van der Waals surface area contributed by atoms with Crippen LogP contribution in [0.1, 0.15) is 19.0 Å². The number of nitrogens with one attached hydrogen (secondary N) is 1. The molecule has 3 N–H and O–H groups in total. The maximum atomic E-state index is 12.3. The lowest BCUT2D eigenvalue weighted by Crippen LogP contribution is -2.28. The Morgan fingerprint density at radius 2 is 2.06 bits per heavy atom. The molecule has 100 valence electrons. The second-order valence-electron chi connectivity index (χ2n) is 3.63. The number of hydrogen-bond acceptors (Lipinski definition) is 4. The van der Waals surface area contributed by atoms with Gasteiger partial charge in [-0.05, 0) is 19.1 Å². The minimum Gasteiger partial charge on any atom is -0.388 e. The molecule has 0 atom stereocenters. The van der Waals surface area contributed by atoms with Crippen LogP contribution in [0.25, 0.3) is 0 Å². The van der Waals surface area contributed by atoms with Crippen LogP contribution in [0.3, 0.4) is 0 Å². The van der Waals surface area contributed by atoms with E-state index in [0.29, 0.717) is 25.3 Å². The van der Waals surface area contributed by atoms with Crippen LogP contribution < -0.4 is 10.6 Å². The molecule has 0 bridgehead atoms. The Hall–Kier alpha value is -1.86. The predicted octanol–water partition coefficient (Wildman–Crippen LogP) is 1.65. The molecule has 0 aliphatic rings. The molecule has 0 fully saturated rings. The van der Waals surface area contributed by atoms with Crippen molar-refractivity contribution in [3.05, 3.63) is 17.8 Å². The molecule has 0 unspecified atom stereocenters. The first-order valence-electron chi connectivity index (χ1n) is 5.33. The summed E-state index contributed by atoms with van der Waals surface area (Å²) < 4.78 is 36.9. The van der Waals surface area contributed by atoms with Crippen molar-refractivity contribution in [2.45, 2.75) is 19.5 Å². The highest BCUT2D eigenvalue weighted by Gasteiger charge is 2.33. The van der Waals surface area contributed by atoms with E-state index in [1.54, 1.807) is 4.90 Å². The van der Waals surface area contributed by atoms with Crippen molar-refractivity contribution in [3.63, 3.8) is 0 Å². The number of hydrogen-bond donors (Lipinski definition) is 2. The molecule has 0 amide bonds. The first kappa shape index (κ1) is 14.2. The lowest BCUT2D eigenvalue weighted by molar-refractivity contribution is -0.141. The summed E-state index contributed by atoms with van der Waals surface area (Å²) in [7, 11) is 0. The van der Waals surface area contributed by atoms with Crippen LogP contribution in [0.5, 0.6) is 0 Å². The summed E-state index contributed by atoms with van der Waals surface area (Å²) in [5.74, 6) is 0.361. The van der Waals surface area contributed by atoms with E-state index in [1.165, 1.54) is 6.07 Å². The zero-order valence-corrected chi connectivity index (χ0v) is 9.83. The fourth-order valence-corrected chi connectivity index (χ4v) is 1.34. The van der Waals surface area contributed by atoms with Crippen molar-refractivity contribution in [1.29, 1.82) is 5.41 Å². The second-order valence-corrected chi connectivity index (χ2v) is 3.63. The zero-order valence-electron chi connectivity index (χ0n) is 9.83. The van der Waals surface area contributed by atoms with E-state index in [4.69, 9.17) is 11.1 Å². The molecule has 5 nitrogen and oxygen atoms in total. The lowest BCUT2D eigenvalue weighted by atomic mass is 10.3. The number of anilines is 1. The van der Waals surface area contributed by atoms with E-state index < -0.39 is 11.9 Å². The molecule has 0 spiro atoms. The van der Waals surface area contributed by atoms with Crippen molar-refractivity contribution < 1.29 is 13.2 Å². The van der Waals surface area contributed by atoms with Gasteiger partial charge < -0.3 is 10.6 Å². The monoisotopic (exact) mass is 261 g/mol. The van der Waals surface area contributed by atoms with Crippen LogP contribution in [0.2, 0.25) is 0 Å². The number of rotatable bonds is 5. The fraction of sp³-hybridized carbons (Fsp3) is 0.500. The summed E-state index contributed by atoms with van der Waals surface area (Å²) in [6, 6.07) is 2.15. The molecule has 1 rings (SSSR count). The number of halogens is 3. The van der Waals surface area contributed by atoms with E-state index in [-0.39, 0.29) is 5.84 Å². The highest BCUT2D eigenvalue weighted by molar-refractivity contribution is 5.77.